The van der Waals surface area contributed by atoms with Crippen LogP contribution in [0.4, 0.5) is 0 Å². The second kappa shape index (κ2) is 15.1. The predicted molar refractivity (Wildman–Crippen MR) is 124 cm³/mol. The SMILES string of the molecule is CCOCC(=O)OCCCCCCCc1ccc(C#Cc2ccc(OCC)cc2)cc1. The van der Waals surface area contributed by atoms with Crippen molar-refractivity contribution in [2.75, 3.05) is 26.4 Å². The monoisotopic (exact) mass is 422 g/mol. The molecule has 2 aromatic carbocycles. The van der Waals surface area contributed by atoms with Gasteiger partial charge in [-0.1, -0.05) is 43.2 Å². The van der Waals surface area contributed by atoms with Crippen LogP contribution in [0.1, 0.15) is 62.6 Å². The molecule has 0 N–H and O–H groups in total. The van der Waals surface area contributed by atoms with E-state index in [0.29, 0.717) is 19.8 Å². The zero-order valence-electron chi connectivity index (χ0n) is 18.8. The summed E-state index contributed by atoms with van der Waals surface area (Å²) in [6.45, 7) is 5.59. The van der Waals surface area contributed by atoms with Crippen molar-refractivity contribution in [2.45, 2.75) is 52.4 Å². The van der Waals surface area contributed by atoms with Gasteiger partial charge in [0.15, 0.2) is 0 Å². The highest BCUT2D eigenvalue weighted by Gasteiger charge is 2.01. The van der Waals surface area contributed by atoms with Gasteiger partial charge in [-0.3, -0.25) is 0 Å². The number of hydrogen-bond acceptors (Lipinski definition) is 4. The molecule has 0 amide bonds. The third-order valence-corrected chi connectivity index (χ3v) is 4.77. The topological polar surface area (TPSA) is 44.8 Å². The molecule has 0 spiro atoms. The molecular weight excluding hydrogens is 388 g/mol. The quantitative estimate of drug-likeness (QED) is 0.241. The summed E-state index contributed by atoms with van der Waals surface area (Å²) in [5, 5.41) is 0. The van der Waals surface area contributed by atoms with E-state index in [1.807, 2.05) is 38.1 Å². The number of carbonyl (C=O) groups is 1. The maximum atomic E-state index is 11.3. The van der Waals surface area contributed by atoms with Gasteiger partial charge in [-0.05, 0) is 75.1 Å². The van der Waals surface area contributed by atoms with E-state index in [2.05, 4.69) is 36.1 Å². The fourth-order valence-corrected chi connectivity index (χ4v) is 3.07. The molecule has 4 heteroatoms. The summed E-state index contributed by atoms with van der Waals surface area (Å²) in [4.78, 5) is 11.3. The fraction of sp³-hybridized carbons (Fsp3) is 0.444. The van der Waals surface area contributed by atoms with Crippen molar-refractivity contribution in [3.63, 3.8) is 0 Å². The van der Waals surface area contributed by atoms with E-state index in [-0.39, 0.29) is 12.6 Å². The van der Waals surface area contributed by atoms with Crippen molar-refractivity contribution in [1.29, 1.82) is 0 Å². The van der Waals surface area contributed by atoms with Crippen LogP contribution in [0.3, 0.4) is 0 Å². The highest BCUT2D eigenvalue weighted by molar-refractivity contribution is 5.70. The van der Waals surface area contributed by atoms with E-state index in [1.54, 1.807) is 0 Å². The van der Waals surface area contributed by atoms with Crippen molar-refractivity contribution >= 4 is 5.97 Å². The molecule has 0 unspecified atom stereocenters. The van der Waals surface area contributed by atoms with Crippen molar-refractivity contribution in [3.8, 4) is 17.6 Å². The molecule has 2 rings (SSSR count). The number of hydrogen-bond donors (Lipinski definition) is 0. The molecule has 0 radical (unpaired) electrons. The van der Waals surface area contributed by atoms with Gasteiger partial charge in [-0.2, -0.15) is 0 Å². The number of aryl methyl sites for hydroxylation is 1. The Morgan fingerprint density at radius 3 is 2.03 bits per heavy atom. The molecule has 0 saturated heterocycles. The molecule has 0 fully saturated rings. The molecule has 0 saturated carbocycles. The van der Waals surface area contributed by atoms with Crippen LogP contribution < -0.4 is 4.74 Å². The summed E-state index contributed by atoms with van der Waals surface area (Å²) in [6.07, 6.45) is 6.60. The first-order valence-corrected chi connectivity index (χ1v) is 11.3. The van der Waals surface area contributed by atoms with Gasteiger partial charge in [0.05, 0.1) is 13.2 Å². The molecule has 0 aliphatic carbocycles. The molecule has 0 atom stereocenters. The summed E-state index contributed by atoms with van der Waals surface area (Å²) >= 11 is 0. The fourth-order valence-electron chi connectivity index (χ4n) is 3.07. The summed E-state index contributed by atoms with van der Waals surface area (Å²) in [5.74, 6) is 7.02. The Hall–Kier alpha value is -2.77. The van der Waals surface area contributed by atoms with E-state index in [9.17, 15) is 4.79 Å². The van der Waals surface area contributed by atoms with Crippen LogP contribution in [0.25, 0.3) is 0 Å². The zero-order valence-corrected chi connectivity index (χ0v) is 18.8. The zero-order chi connectivity index (χ0) is 22.2. The van der Waals surface area contributed by atoms with E-state index in [0.717, 1.165) is 42.6 Å². The van der Waals surface area contributed by atoms with Crippen molar-refractivity contribution in [1.82, 2.24) is 0 Å². The third kappa shape index (κ3) is 10.7. The van der Waals surface area contributed by atoms with Crippen molar-refractivity contribution in [3.05, 3.63) is 65.2 Å². The molecule has 0 bridgehead atoms. The van der Waals surface area contributed by atoms with Crippen molar-refractivity contribution < 1.29 is 19.0 Å². The molecule has 0 heterocycles. The summed E-state index contributed by atoms with van der Waals surface area (Å²) in [6, 6.07) is 16.4. The van der Waals surface area contributed by atoms with Crippen LogP contribution in [-0.4, -0.2) is 32.4 Å². The average molecular weight is 423 g/mol. The number of esters is 1. The first-order valence-electron chi connectivity index (χ1n) is 11.3. The van der Waals surface area contributed by atoms with Gasteiger partial charge in [0.1, 0.15) is 12.4 Å². The molecule has 0 aromatic heterocycles. The average Bonchev–Trinajstić information content (AvgIpc) is 2.80. The lowest BCUT2D eigenvalue weighted by atomic mass is 10.0. The van der Waals surface area contributed by atoms with Crippen LogP contribution in [0.5, 0.6) is 5.75 Å². The maximum Gasteiger partial charge on any atom is 0.332 e. The van der Waals surface area contributed by atoms with Crippen LogP contribution in [0.15, 0.2) is 48.5 Å². The van der Waals surface area contributed by atoms with Crippen LogP contribution >= 0.6 is 0 Å². The number of rotatable bonds is 13. The van der Waals surface area contributed by atoms with Crippen LogP contribution in [0.2, 0.25) is 0 Å². The van der Waals surface area contributed by atoms with E-state index in [1.165, 1.54) is 18.4 Å². The Morgan fingerprint density at radius 1 is 0.774 bits per heavy atom. The Labute approximate surface area is 186 Å². The predicted octanol–water partition coefficient (Wildman–Crippen LogP) is 5.56. The highest BCUT2D eigenvalue weighted by atomic mass is 16.6. The van der Waals surface area contributed by atoms with Gasteiger partial charge in [0, 0.05) is 17.7 Å². The number of benzene rings is 2. The lowest BCUT2D eigenvalue weighted by molar-refractivity contribution is -0.148. The lowest BCUT2D eigenvalue weighted by Gasteiger charge is -2.05. The van der Waals surface area contributed by atoms with Crippen LogP contribution in [0, 0.1) is 11.8 Å². The summed E-state index contributed by atoms with van der Waals surface area (Å²) < 4.78 is 15.6. The first-order chi connectivity index (χ1) is 15.2. The minimum absolute atomic E-state index is 0.0580. The number of ether oxygens (including phenoxy) is 3. The van der Waals surface area contributed by atoms with E-state index >= 15 is 0 Å². The second-order valence-corrected chi connectivity index (χ2v) is 7.28. The molecule has 2 aromatic rings. The summed E-state index contributed by atoms with van der Waals surface area (Å²) in [7, 11) is 0. The second-order valence-electron chi connectivity index (χ2n) is 7.28. The van der Waals surface area contributed by atoms with Gasteiger partial charge < -0.3 is 14.2 Å². The first kappa shape index (κ1) is 24.5. The summed E-state index contributed by atoms with van der Waals surface area (Å²) in [5.41, 5.74) is 3.35. The number of unbranched alkanes of at least 4 members (excludes halogenated alkanes) is 4. The molecule has 166 valence electrons. The normalized spacial score (nSPS) is 10.3. The maximum absolute atomic E-state index is 11.3. The Bertz CT molecular complexity index is 813. The van der Waals surface area contributed by atoms with Crippen LogP contribution in [-0.2, 0) is 20.7 Å². The van der Waals surface area contributed by atoms with Crippen molar-refractivity contribution in [2.24, 2.45) is 0 Å². The minimum atomic E-state index is -0.269. The van der Waals surface area contributed by atoms with Gasteiger partial charge in [-0.25, -0.2) is 4.79 Å². The molecule has 0 aliphatic rings. The van der Waals surface area contributed by atoms with Gasteiger partial charge in [0.25, 0.3) is 0 Å². The molecule has 0 aliphatic heterocycles. The van der Waals surface area contributed by atoms with Gasteiger partial charge in [0.2, 0.25) is 0 Å². The minimum Gasteiger partial charge on any atom is -0.494 e. The standard InChI is InChI=1S/C27H34O4/c1-3-29-22-27(28)31-21-9-7-5-6-8-10-23-11-13-24(14-12-23)15-16-25-17-19-26(20-18-25)30-4-2/h11-14,17-20H,3-10,21-22H2,1-2H3. The molecule has 31 heavy (non-hydrogen) atoms. The largest absolute Gasteiger partial charge is 0.494 e. The third-order valence-electron chi connectivity index (χ3n) is 4.77. The highest BCUT2D eigenvalue weighted by Crippen LogP contribution is 2.12. The molecule has 4 nitrogen and oxygen atoms in total. The number of carbonyl (C=O) groups excluding carboxylic acids is 1. The Balaban J connectivity index is 1.60. The van der Waals surface area contributed by atoms with E-state index in [4.69, 9.17) is 14.2 Å². The lowest BCUT2D eigenvalue weighted by Crippen LogP contribution is -2.13. The Kier molecular flexibility index (Phi) is 11.9. The molecular formula is C27H34O4. The van der Waals surface area contributed by atoms with E-state index < -0.39 is 0 Å². The van der Waals surface area contributed by atoms with Gasteiger partial charge in [-0.15, -0.1) is 0 Å². The van der Waals surface area contributed by atoms with Gasteiger partial charge >= 0.3 is 5.97 Å². The smallest absolute Gasteiger partial charge is 0.332 e. The Morgan fingerprint density at radius 2 is 1.39 bits per heavy atom.